The Hall–Kier alpha value is -1.04. The van der Waals surface area contributed by atoms with Gasteiger partial charge in [0.15, 0.2) is 0 Å². The lowest BCUT2D eigenvalue weighted by Gasteiger charge is -2.04. The molecule has 0 saturated carbocycles. The summed E-state index contributed by atoms with van der Waals surface area (Å²) in [5.41, 5.74) is -0.719. The van der Waals surface area contributed by atoms with Gasteiger partial charge in [-0.15, -0.1) is 0 Å². The lowest BCUT2D eigenvalue weighted by molar-refractivity contribution is -0.137. The van der Waals surface area contributed by atoms with Crippen LogP contribution in [0.3, 0.4) is 0 Å². The van der Waals surface area contributed by atoms with Crippen molar-refractivity contribution in [3.8, 4) is 0 Å². The minimum absolute atomic E-state index is 0.358. The summed E-state index contributed by atoms with van der Waals surface area (Å²) in [6.07, 6.45) is -0.700. The Morgan fingerprint density at radius 3 is 2.62 bits per heavy atom. The second-order valence-electron chi connectivity index (χ2n) is 3.83. The number of aryl methyl sites for hydroxylation is 1. The van der Waals surface area contributed by atoms with Crippen LogP contribution in [0.1, 0.15) is 31.7 Å². The molecule has 0 aliphatic heterocycles. The molecule has 0 bridgehead atoms. The summed E-state index contributed by atoms with van der Waals surface area (Å²) in [6.45, 7) is 2.14. The van der Waals surface area contributed by atoms with Gasteiger partial charge in [-0.25, -0.2) is 0 Å². The van der Waals surface area contributed by atoms with Crippen LogP contribution in [0, 0.1) is 0 Å². The average Bonchev–Trinajstić information content (AvgIpc) is 2.59. The molecule has 0 fully saturated rings. The molecule has 0 aliphatic rings. The Morgan fingerprint density at radius 2 is 2.12 bits per heavy atom. The fraction of sp³-hybridized carbons (Fsp3) is 0.700. The van der Waals surface area contributed by atoms with Crippen molar-refractivity contribution in [3.05, 3.63) is 18.0 Å². The van der Waals surface area contributed by atoms with E-state index in [1.54, 1.807) is 6.92 Å². The van der Waals surface area contributed by atoms with Gasteiger partial charge in [-0.3, -0.25) is 4.68 Å². The lowest BCUT2D eigenvalue weighted by atomic mass is 10.2. The first-order chi connectivity index (χ1) is 7.39. The molecule has 1 aromatic rings. The second-order valence-corrected chi connectivity index (χ2v) is 3.83. The van der Waals surface area contributed by atoms with Crippen molar-refractivity contribution < 1.29 is 18.3 Å². The highest BCUT2D eigenvalue weighted by Gasteiger charge is 2.31. The van der Waals surface area contributed by atoms with Crippen molar-refractivity contribution in [1.82, 2.24) is 9.78 Å². The topological polar surface area (TPSA) is 38.0 Å². The lowest BCUT2D eigenvalue weighted by Crippen LogP contribution is -2.04. The van der Waals surface area contributed by atoms with Crippen molar-refractivity contribution in [2.45, 2.75) is 45.0 Å². The average molecular weight is 236 g/mol. The number of alkyl halides is 3. The fourth-order valence-corrected chi connectivity index (χ4v) is 1.35. The molecule has 6 heteroatoms. The summed E-state index contributed by atoms with van der Waals surface area (Å²) in [5.74, 6) is 0. The van der Waals surface area contributed by atoms with Crippen LogP contribution in [0.25, 0.3) is 0 Å². The Morgan fingerprint density at radius 1 is 1.44 bits per heavy atom. The number of rotatable bonds is 5. The molecule has 92 valence electrons. The highest BCUT2D eigenvalue weighted by atomic mass is 19.4. The number of nitrogens with zero attached hydrogens (tertiary/aromatic N) is 2. The maximum atomic E-state index is 12.2. The molecule has 1 rings (SSSR count). The third kappa shape index (κ3) is 4.22. The molecule has 0 amide bonds. The maximum absolute atomic E-state index is 12.2. The highest BCUT2D eigenvalue weighted by molar-refractivity contribution is 5.08. The van der Waals surface area contributed by atoms with Crippen LogP contribution in [0.15, 0.2) is 12.4 Å². The molecule has 0 aliphatic carbocycles. The van der Waals surface area contributed by atoms with Gasteiger partial charge < -0.3 is 5.11 Å². The van der Waals surface area contributed by atoms with E-state index in [0.717, 1.165) is 18.8 Å². The summed E-state index contributed by atoms with van der Waals surface area (Å²) < 4.78 is 37.9. The van der Waals surface area contributed by atoms with Gasteiger partial charge in [-0.1, -0.05) is 0 Å². The van der Waals surface area contributed by atoms with Gasteiger partial charge >= 0.3 is 6.18 Å². The van der Waals surface area contributed by atoms with E-state index < -0.39 is 11.7 Å². The largest absolute Gasteiger partial charge is 0.419 e. The van der Waals surface area contributed by atoms with Gasteiger partial charge in [0.2, 0.25) is 0 Å². The van der Waals surface area contributed by atoms with E-state index in [-0.39, 0.29) is 6.10 Å². The Kier molecular flexibility index (Phi) is 4.35. The van der Waals surface area contributed by atoms with E-state index in [2.05, 4.69) is 5.10 Å². The van der Waals surface area contributed by atoms with Gasteiger partial charge in [-0.05, 0) is 26.2 Å². The van der Waals surface area contributed by atoms with Crippen molar-refractivity contribution in [2.75, 3.05) is 0 Å². The molecule has 0 aromatic carbocycles. The summed E-state index contributed by atoms with van der Waals surface area (Å²) in [6, 6.07) is 0. The van der Waals surface area contributed by atoms with Gasteiger partial charge in [-0.2, -0.15) is 18.3 Å². The number of aromatic nitrogens is 2. The number of aliphatic hydroxyl groups is 1. The zero-order valence-corrected chi connectivity index (χ0v) is 9.04. The summed E-state index contributed by atoms with van der Waals surface area (Å²) in [5, 5.41) is 12.6. The molecule has 3 nitrogen and oxygen atoms in total. The van der Waals surface area contributed by atoms with E-state index in [0.29, 0.717) is 19.4 Å². The molecule has 1 unspecified atom stereocenters. The van der Waals surface area contributed by atoms with E-state index in [9.17, 15) is 13.2 Å². The summed E-state index contributed by atoms with van der Waals surface area (Å²) in [4.78, 5) is 0. The fourth-order valence-electron chi connectivity index (χ4n) is 1.35. The van der Waals surface area contributed by atoms with E-state index in [1.807, 2.05) is 0 Å². The molecular formula is C10H15F3N2O. The van der Waals surface area contributed by atoms with Crippen LogP contribution in [0.4, 0.5) is 13.2 Å². The first kappa shape index (κ1) is 13.0. The van der Waals surface area contributed by atoms with Crippen LogP contribution in [-0.4, -0.2) is 21.0 Å². The van der Waals surface area contributed by atoms with E-state index >= 15 is 0 Å². The smallest absolute Gasteiger partial charge is 0.393 e. The normalized spacial score (nSPS) is 14.1. The monoisotopic (exact) mass is 236 g/mol. The third-order valence-electron chi connectivity index (χ3n) is 2.22. The van der Waals surface area contributed by atoms with Crippen LogP contribution < -0.4 is 0 Å². The summed E-state index contributed by atoms with van der Waals surface area (Å²) in [7, 11) is 0. The Labute approximate surface area is 91.9 Å². The zero-order chi connectivity index (χ0) is 12.2. The summed E-state index contributed by atoms with van der Waals surface area (Å²) >= 11 is 0. The SMILES string of the molecule is CC(O)CCCCn1cc(C(F)(F)F)cn1. The van der Waals surface area contributed by atoms with Crippen LogP contribution in [0.5, 0.6) is 0 Å². The zero-order valence-electron chi connectivity index (χ0n) is 9.04. The van der Waals surface area contributed by atoms with Crippen LogP contribution in [-0.2, 0) is 12.7 Å². The molecule has 1 atom stereocenters. The van der Waals surface area contributed by atoms with Gasteiger partial charge in [0.1, 0.15) is 0 Å². The predicted octanol–water partition coefficient (Wildman–Crippen LogP) is 2.45. The predicted molar refractivity (Wildman–Crippen MR) is 52.8 cm³/mol. The maximum Gasteiger partial charge on any atom is 0.419 e. The van der Waals surface area contributed by atoms with E-state index in [4.69, 9.17) is 5.11 Å². The number of hydrogen-bond donors (Lipinski definition) is 1. The van der Waals surface area contributed by atoms with Crippen LogP contribution >= 0.6 is 0 Å². The number of unbranched alkanes of at least 4 members (excludes halogenated alkanes) is 1. The standard InChI is InChI=1S/C10H15F3N2O/c1-8(16)4-2-3-5-15-7-9(6-14-15)10(11,12)13/h6-8,16H,2-5H2,1H3. The molecule has 0 radical (unpaired) electrons. The van der Waals surface area contributed by atoms with Crippen molar-refractivity contribution in [1.29, 1.82) is 0 Å². The van der Waals surface area contributed by atoms with Crippen molar-refractivity contribution >= 4 is 0 Å². The van der Waals surface area contributed by atoms with E-state index in [1.165, 1.54) is 4.68 Å². The molecular weight excluding hydrogens is 221 g/mol. The molecule has 0 spiro atoms. The Bertz CT molecular complexity index is 320. The van der Waals surface area contributed by atoms with Crippen LogP contribution in [0.2, 0.25) is 0 Å². The number of halogens is 3. The molecule has 0 saturated heterocycles. The Balaban J connectivity index is 2.36. The third-order valence-corrected chi connectivity index (χ3v) is 2.22. The minimum Gasteiger partial charge on any atom is -0.393 e. The first-order valence-corrected chi connectivity index (χ1v) is 5.17. The number of aliphatic hydroxyl groups excluding tert-OH is 1. The van der Waals surface area contributed by atoms with Gasteiger partial charge in [0, 0.05) is 12.7 Å². The molecule has 1 N–H and O–H groups in total. The minimum atomic E-state index is -4.32. The van der Waals surface area contributed by atoms with Crippen molar-refractivity contribution in [2.24, 2.45) is 0 Å². The van der Waals surface area contributed by atoms with Gasteiger partial charge in [0.25, 0.3) is 0 Å². The highest BCUT2D eigenvalue weighted by Crippen LogP contribution is 2.28. The quantitative estimate of drug-likeness (QED) is 0.797. The van der Waals surface area contributed by atoms with Gasteiger partial charge in [0.05, 0.1) is 17.9 Å². The molecule has 1 aromatic heterocycles. The second kappa shape index (κ2) is 5.34. The number of hydrogen-bond acceptors (Lipinski definition) is 2. The first-order valence-electron chi connectivity index (χ1n) is 5.17. The molecule has 16 heavy (non-hydrogen) atoms. The van der Waals surface area contributed by atoms with Crippen molar-refractivity contribution in [3.63, 3.8) is 0 Å². The molecule has 1 heterocycles.